The minimum atomic E-state index is -1.11. The zero-order valence-electron chi connectivity index (χ0n) is 6.80. The number of nitrogens with zero attached hydrogens (tertiary/aromatic N) is 2. The van der Waals surface area contributed by atoms with Crippen molar-refractivity contribution in [1.82, 2.24) is 9.97 Å². The Morgan fingerprint density at radius 2 is 2.29 bits per heavy atom. The SMILES string of the molecule is O=C(O)Nc1csc(-c2nccs2)n1. The van der Waals surface area contributed by atoms with Crippen molar-refractivity contribution < 1.29 is 9.90 Å². The van der Waals surface area contributed by atoms with E-state index in [0.29, 0.717) is 5.82 Å². The topological polar surface area (TPSA) is 75.1 Å². The van der Waals surface area contributed by atoms with Crippen molar-refractivity contribution in [3.05, 3.63) is 17.0 Å². The number of carboxylic acid groups (broad SMARTS) is 1. The van der Waals surface area contributed by atoms with Gasteiger partial charge in [-0.15, -0.1) is 22.7 Å². The quantitative estimate of drug-likeness (QED) is 0.825. The number of amides is 1. The summed E-state index contributed by atoms with van der Waals surface area (Å²) in [4.78, 5) is 18.4. The summed E-state index contributed by atoms with van der Waals surface area (Å²) < 4.78 is 0. The average Bonchev–Trinajstić information content (AvgIpc) is 2.69. The third-order valence-electron chi connectivity index (χ3n) is 1.35. The second-order valence-electron chi connectivity index (χ2n) is 2.31. The number of nitrogens with one attached hydrogen (secondary N) is 1. The highest BCUT2D eigenvalue weighted by atomic mass is 32.1. The first-order chi connectivity index (χ1) is 6.75. The predicted molar refractivity (Wildman–Crippen MR) is 54.9 cm³/mol. The fourth-order valence-electron chi connectivity index (χ4n) is 0.868. The maximum absolute atomic E-state index is 10.3. The van der Waals surface area contributed by atoms with E-state index >= 15 is 0 Å². The molecule has 14 heavy (non-hydrogen) atoms. The van der Waals surface area contributed by atoms with Crippen LogP contribution in [0.25, 0.3) is 10.0 Å². The normalized spacial score (nSPS) is 10.0. The summed E-state index contributed by atoms with van der Waals surface area (Å²) in [7, 11) is 0. The van der Waals surface area contributed by atoms with E-state index in [0.717, 1.165) is 10.0 Å². The summed E-state index contributed by atoms with van der Waals surface area (Å²) in [5.41, 5.74) is 0. The molecule has 1 amide bonds. The van der Waals surface area contributed by atoms with Crippen molar-refractivity contribution in [2.24, 2.45) is 0 Å². The summed E-state index contributed by atoms with van der Waals surface area (Å²) >= 11 is 2.83. The van der Waals surface area contributed by atoms with Crippen LogP contribution < -0.4 is 5.32 Å². The minimum Gasteiger partial charge on any atom is -0.465 e. The fraction of sp³-hybridized carbons (Fsp3) is 0. The zero-order chi connectivity index (χ0) is 9.97. The lowest BCUT2D eigenvalue weighted by molar-refractivity contribution is 0.209. The van der Waals surface area contributed by atoms with Crippen LogP contribution in [-0.4, -0.2) is 21.2 Å². The van der Waals surface area contributed by atoms with Gasteiger partial charge in [0.1, 0.15) is 5.82 Å². The van der Waals surface area contributed by atoms with Crippen molar-refractivity contribution in [3.63, 3.8) is 0 Å². The van der Waals surface area contributed by atoms with E-state index in [1.54, 1.807) is 11.6 Å². The third-order valence-corrected chi connectivity index (χ3v) is 3.11. The lowest BCUT2D eigenvalue weighted by Crippen LogP contribution is -2.07. The molecule has 0 saturated carbocycles. The Morgan fingerprint density at radius 1 is 1.43 bits per heavy atom. The number of rotatable bonds is 2. The second kappa shape index (κ2) is 3.72. The molecule has 0 aliphatic rings. The Kier molecular flexibility index (Phi) is 2.42. The molecular weight excluding hydrogens is 222 g/mol. The summed E-state index contributed by atoms with van der Waals surface area (Å²) in [5, 5.41) is 15.6. The molecule has 0 atom stereocenters. The van der Waals surface area contributed by atoms with Crippen LogP contribution in [0.4, 0.5) is 10.6 Å². The van der Waals surface area contributed by atoms with E-state index in [1.165, 1.54) is 22.7 Å². The standard InChI is InChI=1S/C7H5N3O2S2/c11-7(12)10-4-3-14-6(9-4)5-8-1-2-13-5/h1-3,10H,(H,11,12). The van der Waals surface area contributed by atoms with Gasteiger partial charge in [-0.1, -0.05) is 0 Å². The number of hydrogen-bond donors (Lipinski definition) is 2. The van der Waals surface area contributed by atoms with Gasteiger partial charge in [-0.05, 0) is 0 Å². The first-order valence-corrected chi connectivity index (χ1v) is 5.37. The highest BCUT2D eigenvalue weighted by Crippen LogP contribution is 2.27. The zero-order valence-corrected chi connectivity index (χ0v) is 8.43. The van der Waals surface area contributed by atoms with E-state index in [-0.39, 0.29) is 0 Å². The molecule has 2 N–H and O–H groups in total. The molecule has 0 bridgehead atoms. The van der Waals surface area contributed by atoms with Gasteiger partial charge in [0.15, 0.2) is 10.0 Å². The van der Waals surface area contributed by atoms with Crippen LogP contribution in [-0.2, 0) is 0 Å². The molecule has 72 valence electrons. The van der Waals surface area contributed by atoms with Crippen LogP contribution in [0.5, 0.6) is 0 Å². The van der Waals surface area contributed by atoms with Crippen molar-refractivity contribution in [2.45, 2.75) is 0 Å². The number of anilines is 1. The van der Waals surface area contributed by atoms with Crippen LogP contribution in [0.2, 0.25) is 0 Å². The second-order valence-corrected chi connectivity index (χ2v) is 4.06. The molecule has 5 nitrogen and oxygen atoms in total. The van der Waals surface area contributed by atoms with E-state index in [2.05, 4.69) is 15.3 Å². The van der Waals surface area contributed by atoms with Gasteiger partial charge < -0.3 is 5.11 Å². The summed E-state index contributed by atoms with van der Waals surface area (Å²) in [6.07, 6.45) is 0.576. The Bertz CT molecular complexity index is 437. The molecule has 0 saturated heterocycles. The van der Waals surface area contributed by atoms with Gasteiger partial charge in [-0.3, -0.25) is 5.32 Å². The van der Waals surface area contributed by atoms with Gasteiger partial charge in [0.05, 0.1) is 0 Å². The van der Waals surface area contributed by atoms with Crippen molar-refractivity contribution in [1.29, 1.82) is 0 Å². The summed E-state index contributed by atoms with van der Waals surface area (Å²) in [6.45, 7) is 0. The fourth-order valence-corrected chi connectivity index (χ4v) is 2.31. The molecule has 7 heteroatoms. The third kappa shape index (κ3) is 1.88. The van der Waals surface area contributed by atoms with E-state index in [1.807, 2.05) is 5.38 Å². The predicted octanol–water partition coefficient (Wildman–Crippen LogP) is 2.36. The van der Waals surface area contributed by atoms with Crippen molar-refractivity contribution >= 4 is 34.6 Å². The van der Waals surface area contributed by atoms with Crippen LogP contribution in [0.3, 0.4) is 0 Å². The molecule has 2 aromatic heterocycles. The van der Waals surface area contributed by atoms with Gasteiger partial charge >= 0.3 is 6.09 Å². The van der Waals surface area contributed by atoms with Crippen LogP contribution >= 0.6 is 22.7 Å². The molecule has 2 rings (SSSR count). The van der Waals surface area contributed by atoms with Crippen molar-refractivity contribution in [2.75, 3.05) is 5.32 Å². The van der Waals surface area contributed by atoms with Crippen molar-refractivity contribution in [3.8, 4) is 10.0 Å². The molecule has 0 aromatic carbocycles. The Balaban J connectivity index is 2.22. The molecule has 0 aliphatic heterocycles. The van der Waals surface area contributed by atoms with E-state index in [4.69, 9.17) is 5.11 Å². The number of hydrogen-bond acceptors (Lipinski definition) is 5. The lowest BCUT2D eigenvalue weighted by atomic mass is 10.7. The molecule has 2 aromatic rings. The molecule has 0 unspecified atom stereocenters. The lowest BCUT2D eigenvalue weighted by Gasteiger charge is -1.91. The van der Waals surface area contributed by atoms with Gasteiger partial charge in [0.25, 0.3) is 0 Å². The summed E-state index contributed by atoms with van der Waals surface area (Å²) in [6, 6.07) is 0. The van der Waals surface area contributed by atoms with Gasteiger partial charge in [0.2, 0.25) is 0 Å². The molecular formula is C7H5N3O2S2. The van der Waals surface area contributed by atoms with Crippen LogP contribution in [0.15, 0.2) is 17.0 Å². The Hall–Kier alpha value is -1.47. The smallest absolute Gasteiger partial charge is 0.410 e. The Morgan fingerprint density at radius 3 is 2.93 bits per heavy atom. The first kappa shape index (κ1) is 9.10. The minimum absolute atomic E-state index is 0.340. The van der Waals surface area contributed by atoms with E-state index < -0.39 is 6.09 Å². The molecule has 2 heterocycles. The Labute approximate surface area is 87.1 Å². The van der Waals surface area contributed by atoms with E-state index in [9.17, 15) is 4.79 Å². The highest BCUT2D eigenvalue weighted by Gasteiger charge is 2.07. The number of aromatic nitrogens is 2. The highest BCUT2D eigenvalue weighted by molar-refractivity contribution is 7.19. The molecule has 0 spiro atoms. The monoisotopic (exact) mass is 227 g/mol. The summed E-state index contributed by atoms with van der Waals surface area (Å²) in [5.74, 6) is 0.340. The largest absolute Gasteiger partial charge is 0.465 e. The first-order valence-electron chi connectivity index (χ1n) is 3.61. The van der Waals surface area contributed by atoms with Gasteiger partial charge in [-0.25, -0.2) is 14.8 Å². The molecule has 0 fully saturated rings. The maximum atomic E-state index is 10.3. The van der Waals surface area contributed by atoms with Crippen LogP contribution in [0.1, 0.15) is 0 Å². The van der Waals surface area contributed by atoms with Gasteiger partial charge in [0, 0.05) is 17.0 Å². The van der Waals surface area contributed by atoms with Crippen LogP contribution in [0, 0.1) is 0 Å². The maximum Gasteiger partial charge on any atom is 0.410 e. The number of carbonyl (C=O) groups is 1. The molecule has 0 radical (unpaired) electrons. The average molecular weight is 227 g/mol. The number of thiazole rings is 2. The van der Waals surface area contributed by atoms with Gasteiger partial charge in [-0.2, -0.15) is 0 Å². The molecule has 0 aliphatic carbocycles.